The van der Waals surface area contributed by atoms with Gasteiger partial charge >= 0.3 is 5.82 Å². The van der Waals surface area contributed by atoms with Crippen molar-refractivity contribution in [3.05, 3.63) is 187 Å². The fourth-order valence-electron chi connectivity index (χ4n) is 7.42. The van der Waals surface area contributed by atoms with Crippen LogP contribution in [0.5, 0.6) is 0 Å². The number of benzene rings is 2. The van der Waals surface area contributed by atoms with Crippen LogP contribution in [0.4, 0.5) is 5.82 Å². The minimum absolute atomic E-state index is 0.165. The minimum atomic E-state index is -0.454. The summed E-state index contributed by atoms with van der Waals surface area (Å²) in [5.41, 5.74) is 10.4. The third-order valence-electron chi connectivity index (χ3n) is 10.1. The topological polar surface area (TPSA) is 146 Å². The van der Waals surface area contributed by atoms with Crippen LogP contribution in [0, 0.1) is 10.1 Å². The highest BCUT2D eigenvalue weighted by Crippen LogP contribution is 2.36. The van der Waals surface area contributed by atoms with Crippen molar-refractivity contribution in [1.82, 2.24) is 44.0 Å². The van der Waals surface area contributed by atoms with E-state index in [0.717, 1.165) is 72.7 Å². The standard InChI is InChI=1S/C23H15N5O2.C23H15N5/c29-28(30)23-19(7-4-13-25-23)18-6-3-5-16-11-14-27(22(16)18)17-9-10-21(26-15-17)20-8-1-2-12-24-20;1-2-11-24-18(5-1)19-9-7-16(14-26-19)28-13-10-15-6-8-20-21(22(15)28)17-4-3-12-25-23(17)27-20/h1-15H;1-14H,(H,25,27). The van der Waals surface area contributed by atoms with Crippen LogP contribution in [0.25, 0.3) is 89.0 Å². The number of pyridine rings is 6. The number of aromatic nitrogens is 9. The van der Waals surface area contributed by atoms with Gasteiger partial charge in [0.05, 0.1) is 63.1 Å². The number of hydrogen-bond acceptors (Lipinski definition) is 8. The Balaban J connectivity index is 0.000000141. The van der Waals surface area contributed by atoms with Gasteiger partial charge in [0.2, 0.25) is 0 Å². The zero-order valence-electron chi connectivity index (χ0n) is 30.6. The number of nitro groups is 1. The Hall–Kier alpha value is -8.38. The van der Waals surface area contributed by atoms with Crippen molar-refractivity contribution in [2.75, 3.05) is 0 Å². The third-order valence-corrected chi connectivity index (χ3v) is 10.1. The lowest BCUT2D eigenvalue weighted by Crippen LogP contribution is -1.98. The molecule has 0 aliphatic rings. The fraction of sp³-hybridized carbons (Fsp3) is 0. The predicted octanol–water partition coefficient (Wildman–Crippen LogP) is 10.2. The molecule has 0 aliphatic carbocycles. The van der Waals surface area contributed by atoms with Crippen molar-refractivity contribution in [2.45, 2.75) is 0 Å². The summed E-state index contributed by atoms with van der Waals surface area (Å²) in [5.74, 6) is -0.165. The second kappa shape index (κ2) is 14.4. The molecule has 9 heterocycles. The number of rotatable bonds is 6. The molecule has 0 saturated heterocycles. The maximum Gasteiger partial charge on any atom is 0.371 e. The number of para-hydroxylation sites is 1. The summed E-state index contributed by atoms with van der Waals surface area (Å²) >= 11 is 0. The third kappa shape index (κ3) is 6.07. The first-order valence-electron chi connectivity index (χ1n) is 18.4. The van der Waals surface area contributed by atoms with E-state index in [0.29, 0.717) is 5.56 Å². The number of hydrogen-bond donors (Lipinski definition) is 1. The largest absolute Gasteiger partial charge is 0.371 e. The quantitative estimate of drug-likeness (QED) is 0.130. The molecule has 0 bridgehead atoms. The van der Waals surface area contributed by atoms with Crippen molar-refractivity contribution >= 4 is 49.6 Å². The maximum absolute atomic E-state index is 11.5. The van der Waals surface area contributed by atoms with E-state index in [1.54, 1.807) is 30.7 Å². The molecule has 0 atom stereocenters. The molecule has 0 fully saturated rings. The Labute approximate surface area is 330 Å². The average molecular weight is 755 g/mol. The summed E-state index contributed by atoms with van der Waals surface area (Å²) in [6, 6.07) is 41.2. The predicted molar refractivity (Wildman–Crippen MR) is 226 cm³/mol. The van der Waals surface area contributed by atoms with Gasteiger partial charge in [-0.15, -0.1) is 0 Å². The van der Waals surface area contributed by atoms with Gasteiger partial charge in [-0.1, -0.05) is 36.4 Å². The monoisotopic (exact) mass is 754 g/mol. The second-order valence-corrected chi connectivity index (χ2v) is 13.4. The number of aromatic amines is 1. The molecular weight excluding hydrogens is 725 g/mol. The first-order chi connectivity index (χ1) is 28.6. The summed E-state index contributed by atoms with van der Waals surface area (Å²) < 4.78 is 4.17. The summed E-state index contributed by atoms with van der Waals surface area (Å²) in [5, 5.41) is 16.0. The summed E-state index contributed by atoms with van der Waals surface area (Å²) in [6.45, 7) is 0. The number of nitrogens with one attached hydrogen (secondary N) is 1. The van der Waals surface area contributed by atoms with E-state index in [9.17, 15) is 10.1 Å². The van der Waals surface area contributed by atoms with E-state index >= 15 is 0 Å². The van der Waals surface area contributed by atoms with E-state index in [-0.39, 0.29) is 5.82 Å². The van der Waals surface area contributed by atoms with Crippen LogP contribution >= 0.6 is 0 Å². The van der Waals surface area contributed by atoms with Gasteiger partial charge in [-0.3, -0.25) is 19.9 Å². The Morgan fingerprint density at radius 1 is 0.500 bits per heavy atom. The SMILES string of the molecule is O=[N+]([O-])c1ncccc1-c1cccc2ccn(-c3ccc(-c4ccccn4)nc3)c12.c1ccc(-c2ccc(-n3ccc4ccc5[nH]c6ncccc6c5c43)cn2)nc1. The van der Waals surface area contributed by atoms with Crippen LogP contribution in [-0.2, 0) is 0 Å². The van der Waals surface area contributed by atoms with Gasteiger partial charge in [0.15, 0.2) is 0 Å². The lowest BCUT2D eigenvalue weighted by Gasteiger charge is -2.11. The van der Waals surface area contributed by atoms with Crippen LogP contribution in [0.2, 0.25) is 0 Å². The lowest BCUT2D eigenvalue weighted by atomic mass is 10.0. The first-order valence-corrected chi connectivity index (χ1v) is 18.4. The lowest BCUT2D eigenvalue weighted by molar-refractivity contribution is -0.388. The molecule has 12 nitrogen and oxygen atoms in total. The van der Waals surface area contributed by atoms with Crippen molar-refractivity contribution in [2.24, 2.45) is 0 Å². The molecule has 276 valence electrons. The van der Waals surface area contributed by atoms with Crippen molar-refractivity contribution in [3.8, 4) is 45.3 Å². The van der Waals surface area contributed by atoms with Gasteiger partial charge in [0.25, 0.3) is 0 Å². The summed E-state index contributed by atoms with van der Waals surface area (Å²) in [4.78, 5) is 40.8. The van der Waals surface area contributed by atoms with E-state index in [2.05, 4.69) is 76.0 Å². The summed E-state index contributed by atoms with van der Waals surface area (Å²) in [6.07, 6.45) is 14.5. The number of H-pyrrole nitrogens is 1. The molecule has 2 aromatic carbocycles. The van der Waals surface area contributed by atoms with Crippen LogP contribution < -0.4 is 0 Å². The second-order valence-electron chi connectivity index (χ2n) is 13.4. The highest BCUT2D eigenvalue weighted by Gasteiger charge is 2.20. The van der Waals surface area contributed by atoms with Crippen molar-refractivity contribution < 1.29 is 4.92 Å². The molecule has 12 heteroatoms. The number of fused-ring (bicyclic) bond motifs is 6. The van der Waals surface area contributed by atoms with E-state index in [1.165, 1.54) is 17.0 Å². The Morgan fingerprint density at radius 2 is 1.10 bits per heavy atom. The van der Waals surface area contributed by atoms with E-state index in [1.807, 2.05) is 108 Å². The van der Waals surface area contributed by atoms with Crippen LogP contribution in [0.1, 0.15) is 0 Å². The Bertz CT molecular complexity index is 3250. The molecule has 0 saturated carbocycles. The molecule has 0 spiro atoms. The van der Waals surface area contributed by atoms with Crippen LogP contribution in [0.3, 0.4) is 0 Å². The molecule has 9 aromatic heterocycles. The molecule has 0 unspecified atom stereocenters. The Morgan fingerprint density at radius 3 is 1.74 bits per heavy atom. The highest BCUT2D eigenvalue weighted by atomic mass is 16.6. The minimum Gasteiger partial charge on any atom is -0.358 e. The smallest absolute Gasteiger partial charge is 0.358 e. The average Bonchev–Trinajstić information content (AvgIpc) is 4.03. The molecule has 0 aliphatic heterocycles. The van der Waals surface area contributed by atoms with E-state index in [4.69, 9.17) is 0 Å². The number of nitrogens with zero attached hydrogens (tertiary/aromatic N) is 9. The van der Waals surface area contributed by atoms with E-state index < -0.39 is 4.92 Å². The first kappa shape index (κ1) is 34.1. The van der Waals surface area contributed by atoms with Crippen molar-refractivity contribution in [1.29, 1.82) is 0 Å². The zero-order valence-corrected chi connectivity index (χ0v) is 30.6. The molecule has 0 radical (unpaired) electrons. The molecule has 58 heavy (non-hydrogen) atoms. The molecule has 11 rings (SSSR count). The molecule has 1 N–H and O–H groups in total. The molecule has 0 amide bonds. The van der Waals surface area contributed by atoms with Crippen molar-refractivity contribution in [3.63, 3.8) is 0 Å². The van der Waals surface area contributed by atoms with Gasteiger partial charge < -0.3 is 24.2 Å². The zero-order chi connectivity index (χ0) is 39.0. The fourth-order valence-corrected chi connectivity index (χ4v) is 7.42. The van der Waals surface area contributed by atoms with Gasteiger partial charge in [-0.25, -0.2) is 4.98 Å². The van der Waals surface area contributed by atoms with Gasteiger partial charge in [0, 0.05) is 63.6 Å². The van der Waals surface area contributed by atoms with Crippen LogP contribution in [0.15, 0.2) is 177 Å². The summed E-state index contributed by atoms with van der Waals surface area (Å²) in [7, 11) is 0. The van der Waals surface area contributed by atoms with Gasteiger partial charge in [0.1, 0.15) is 11.8 Å². The molecule has 11 aromatic rings. The Kier molecular flexibility index (Phi) is 8.45. The van der Waals surface area contributed by atoms with Gasteiger partial charge in [-0.2, -0.15) is 0 Å². The highest BCUT2D eigenvalue weighted by molar-refractivity contribution is 6.18. The normalized spacial score (nSPS) is 11.2. The van der Waals surface area contributed by atoms with Crippen LogP contribution in [-0.4, -0.2) is 48.9 Å². The molecular formula is C46H30N10O2. The van der Waals surface area contributed by atoms with Gasteiger partial charge in [-0.05, 0) is 101 Å². The maximum atomic E-state index is 11.5.